The van der Waals surface area contributed by atoms with E-state index < -0.39 is 0 Å². The van der Waals surface area contributed by atoms with E-state index in [1.807, 2.05) is 0 Å². The summed E-state index contributed by atoms with van der Waals surface area (Å²) < 4.78 is 0. The van der Waals surface area contributed by atoms with Crippen molar-refractivity contribution in [2.45, 2.75) is 52.9 Å². The maximum Gasteiger partial charge on any atom is -0.00576 e. The Balaban J connectivity index is 2.10. The molecule has 0 unspecified atom stereocenters. The van der Waals surface area contributed by atoms with Crippen LogP contribution in [-0.4, -0.2) is 0 Å². The summed E-state index contributed by atoms with van der Waals surface area (Å²) in [4.78, 5) is 0. The van der Waals surface area contributed by atoms with Crippen LogP contribution in [0.1, 0.15) is 55.4 Å². The first-order valence-electron chi connectivity index (χ1n) is 8.64. The second-order valence-electron chi connectivity index (χ2n) is 6.42. The molecule has 3 rings (SSSR count). The van der Waals surface area contributed by atoms with Crippen LogP contribution in [0, 0.1) is 6.92 Å². The average Bonchev–Trinajstić information content (AvgIpc) is 2.96. The SMILES string of the molecule is CCCCC1=Cc2c(ccc(C)c2-c2ccccc2CC)C1. The van der Waals surface area contributed by atoms with Crippen LogP contribution in [0.5, 0.6) is 0 Å². The summed E-state index contributed by atoms with van der Waals surface area (Å²) in [7, 11) is 0. The van der Waals surface area contributed by atoms with E-state index in [0.29, 0.717) is 0 Å². The van der Waals surface area contributed by atoms with Gasteiger partial charge in [-0.25, -0.2) is 0 Å². The standard InChI is InChI=1S/C22H26/c1-4-6-9-17-14-19-13-12-16(3)22(21(19)15-17)20-11-8-7-10-18(20)5-2/h7-8,10-13,15H,4-6,9,14H2,1-3H3. The molecule has 114 valence electrons. The predicted molar refractivity (Wildman–Crippen MR) is 97.2 cm³/mol. The molecule has 0 radical (unpaired) electrons. The zero-order valence-corrected chi connectivity index (χ0v) is 14.1. The van der Waals surface area contributed by atoms with Crippen molar-refractivity contribution in [2.75, 3.05) is 0 Å². The summed E-state index contributed by atoms with van der Waals surface area (Å²) in [6.45, 7) is 6.77. The monoisotopic (exact) mass is 290 g/mol. The number of rotatable bonds is 5. The van der Waals surface area contributed by atoms with Crippen molar-refractivity contribution in [2.24, 2.45) is 0 Å². The van der Waals surface area contributed by atoms with E-state index in [9.17, 15) is 0 Å². The van der Waals surface area contributed by atoms with Crippen molar-refractivity contribution in [1.29, 1.82) is 0 Å². The Hall–Kier alpha value is -1.82. The molecule has 0 heterocycles. The molecule has 0 aromatic heterocycles. The Morgan fingerprint density at radius 2 is 1.82 bits per heavy atom. The molecule has 0 atom stereocenters. The Labute approximate surface area is 134 Å². The van der Waals surface area contributed by atoms with Gasteiger partial charge in [0.05, 0.1) is 0 Å². The molecule has 1 aliphatic rings. The number of benzene rings is 2. The quantitative estimate of drug-likeness (QED) is 0.601. The third-order valence-corrected chi connectivity index (χ3v) is 4.83. The molecule has 1 aliphatic carbocycles. The summed E-state index contributed by atoms with van der Waals surface area (Å²) in [5, 5.41) is 0. The van der Waals surface area contributed by atoms with E-state index in [4.69, 9.17) is 0 Å². The van der Waals surface area contributed by atoms with Crippen molar-refractivity contribution >= 4 is 6.08 Å². The Morgan fingerprint density at radius 3 is 2.59 bits per heavy atom. The normalized spacial score (nSPS) is 13.1. The molecule has 0 N–H and O–H groups in total. The first-order chi connectivity index (χ1) is 10.7. The van der Waals surface area contributed by atoms with Gasteiger partial charge in [0, 0.05) is 0 Å². The van der Waals surface area contributed by atoms with Crippen LogP contribution in [0.4, 0.5) is 0 Å². The second kappa shape index (κ2) is 6.52. The van der Waals surface area contributed by atoms with Crippen molar-refractivity contribution < 1.29 is 0 Å². The van der Waals surface area contributed by atoms with Crippen molar-refractivity contribution in [3.63, 3.8) is 0 Å². The summed E-state index contributed by atoms with van der Waals surface area (Å²) in [5.41, 5.74) is 10.3. The van der Waals surface area contributed by atoms with Gasteiger partial charge in [-0.05, 0) is 66.0 Å². The van der Waals surface area contributed by atoms with Gasteiger partial charge in [0.25, 0.3) is 0 Å². The fraction of sp³-hybridized carbons (Fsp3) is 0.364. The molecule has 2 aromatic rings. The van der Waals surface area contributed by atoms with E-state index in [1.165, 1.54) is 52.6 Å². The molecular formula is C22H26. The lowest BCUT2D eigenvalue weighted by Crippen LogP contribution is -1.95. The number of fused-ring (bicyclic) bond motifs is 1. The third-order valence-electron chi connectivity index (χ3n) is 4.83. The van der Waals surface area contributed by atoms with Crippen LogP contribution in [0.2, 0.25) is 0 Å². The van der Waals surface area contributed by atoms with Gasteiger partial charge in [0.2, 0.25) is 0 Å². The minimum Gasteiger partial charge on any atom is -0.0654 e. The molecule has 0 saturated carbocycles. The highest BCUT2D eigenvalue weighted by molar-refractivity contribution is 5.84. The van der Waals surface area contributed by atoms with Gasteiger partial charge < -0.3 is 0 Å². The largest absolute Gasteiger partial charge is 0.0654 e. The molecule has 0 heteroatoms. The van der Waals surface area contributed by atoms with E-state index in [0.717, 1.165) is 12.8 Å². The summed E-state index contributed by atoms with van der Waals surface area (Å²) in [5.74, 6) is 0. The second-order valence-corrected chi connectivity index (χ2v) is 6.42. The van der Waals surface area contributed by atoms with E-state index in [-0.39, 0.29) is 0 Å². The molecule has 0 nitrogen and oxygen atoms in total. The van der Waals surface area contributed by atoms with Gasteiger partial charge in [-0.3, -0.25) is 0 Å². The summed E-state index contributed by atoms with van der Waals surface area (Å²) >= 11 is 0. The first kappa shape index (κ1) is 15.1. The molecule has 2 aromatic carbocycles. The highest BCUT2D eigenvalue weighted by Gasteiger charge is 2.19. The maximum atomic E-state index is 2.47. The maximum absolute atomic E-state index is 2.47. The highest BCUT2D eigenvalue weighted by Crippen LogP contribution is 2.38. The average molecular weight is 290 g/mol. The van der Waals surface area contributed by atoms with Gasteiger partial charge in [0.15, 0.2) is 0 Å². The van der Waals surface area contributed by atoms with Crippen molar-refractivity contribution in [3.05, 3.63) is 64.2 Å². The molecule has 0 fully saturated rings. The molecular weight excluding hydrogens is 264 g/mol. The lowest BCUT2D eigenvalue weighted by atomic mass is 9.89. The molecule has 0 spiro atoms. The Kier molecular flexibility index (Phi) is 4.47. The highest BCUT2D eigenvalue weighted by atomic mass is 14.2. The Bertz CT molecular complexity index is 704. The topological polar surface area (TPSA) is 0 Å². The zero-order valence-electron chi connectivity index (χ0n) is 14.1. The summed E-state index contributed by atoms with van der Waals surface area (Å²) in [6, 6.07) is 13.5. The lowest BCUT2D eigenvalue weighted by molar-refractivity contribution is 0.779. The van der Waals surface area contributed by atoms with Gasteiger partial charge in [-0.2, -0.15) is 0 Å². The van der Waals surface area contributed by atoms with Gasteiger partial charge >= 0.3 is 0 Å². The van der Waals surface area contributed by atoms with Crippen LogP contribution in [0.15, 0.2) is 42.0 Å². The number of unbranched alkanes of at least 4 members (excludes halogenated alkanes) is 1. The predicted octanol–water partition coefficient (Wildman–Crippen LogP) is 6.35. The van der Waals surface area contributed by atoms with Crippen molar-refractivity contribution in [1.82, 2.24) is 0 Å². The molecule has 0 aliphatic heterocycles. The molecule has 0 saturated heterocycles. The Morgan fingerprint density at radius 1 is 1.00 bits per heavy atom. The van der Waals surface area contributed by atoms with Crippen LogP contribution < -0.4 is 0 Å². The van der Waals surface area contributed by atoms with Gasteiger partial charge in [0.1, 0.15) is 0 Å². The smallest absolute Gasteiger partial charge is 0.00576 e. The zero-order chi connectivity index (χ0) is 15.5. The van der Waals surface area contributed by atoms with E-state index >= 15 is 0 Å². The first-order valence-corrected chi connectivity index (χ1v) is 8.64. The lowest BCUT2D eigenvalue weighted by Gasteiger charge is -2.15. The van der Waals surface area contributed by atoms with Crippen LogP contribution >= 0.6 is 0 Å². The fourth-order valence-corrected chi connectivity index (χ4v) is 3.58. The van der Waals surface area contributed by atoms with Crippen LogP contribution in [0.25, 0.3) is 17.2 Å². The third kappa shape index (κ3) is 2.75. The van der Waals surface area contributed by atoms with E-state index in [2.05, 4.69) is 63.2 Å². The van der Waals surface area contributed by atoms with Gasteiger partial charge in [-0.15, -0.1) is 0 Å². The molecule has 22 heavy (non-hydrogen) atoms. The molecule has 0 amide bonds. The summed E-state index contributed by atoms with van der Waals surface area (Å²) in [6.07, 6.45) is 8.54. The van der Waals surface area contributed by atoms with Crippen LogP contribution in [0.3, 0.4) is 0 Å². The molecule has 0 bridgehead atoms. The minimum absolute atomic E-state index is 1.09. The number of allylic oxidation sites excluding steroid dienone is 1. The number of hydrogen-bond acceptors (Lipinski definition) is 0. The van der Waals surface area contributed by atoms with Gasteiger partial charge in [-0.1, -0.05) is 68.3 Å². The number of aryl methyl sites for hydroxylation is 2. The fourth-order valence-electron chi connectivity index (χ4n) is 3.58. The number of hydrogen-bond donors (Lipinski definition) is 0. The van der Waals surface area contributed by atoms with Crippen LogP contribution in [-0.2, 0) is 12.8 Å². The minimum atomic E-state index is 1.09. The van der Waals surface area contributed by atoms with E-state index in [1.54, 1.807) is 5.57 Å². The van der Waals surface area contributed by atoms with Crippen molar-refractivity contribution in [3.8, 4) is 11.1 Å².